The first kappa shape index (κ1) is 13.3. The van der Waals surface area contributed by atoms with Crippen molar-refractivity contribution < 1.29 is 9.84 Å². The molecule has 0 unspecified atom stereocenters. The first-order valence-electron chi connectivity index (χ1n) is 6.05. The highest BCUT2D eigenvalue weighted by atomic mass is 16.5. The number of ether oxygens (including phenoxy) is 1. The largest absolute Gasteiger partial charge is 0.438 e. The molecule has 5 heteroatoms. The van der Waals surface area contributed by atoms with Crippen LogP contribution in [0.15, 0.2) is 24.3 Å². The first-order chi connectivity index (χ1) is 9.15. The Morgan fingerprint density at radius 1 is 1.21 bits per heavy atom. The lowest BCUT2D eigenvalue weighted by molar-refractivity contribution is 0.276. The zero-order valence-electron chi connectivity index (χ0n) is 11.3. The van der Waals surface area contributed by atoms with Gasteiger partial charge >= 0.3 is 0 Å². The smallest absolute Gasteiger partial charge is 0.227 e. The van der Waals surface area contributed by atoms with Crippen LogP contribution in [0.2, 0.25) is 0 Å². The van der Waals surface area contributed by atoms with Crippen LogP contribution in [0.25, 0.3) is 0 Å². The van der Waals surface area contributed by atoms with Gasteiger partial charge in [-0.3, -0.25) is 0 Å². The van der Waals surface area contributed by atoms with Gasteiger partial charge in [-0.05, 0) is 19.9 Å². The van der Waals surface area contributed by atoms with Crippen molar-refractivity contribution in [2.45, 2.75) is 20.5 Å². The van der Waals surface area contributed by atoms with E-state index >= 15 is 0 Å². The average molecular weight is 259 g/mol. The zero-order valence-corrected chi connectivity index (χ0v) is 11.3. The minimum Gasteiger partial charge on any atom is -0.438 e. The predicted octanol–water partition coefficient (Wildman–Crippen LogP) is 2.42. The molecular weight excluding hydrogens is 242 g/mol. The van der Waals surface area contributed by atoms with E-state index in [9.17, 15) is 5.11 Å². The van der Waals surface area contributed by atoms with Gasteiger partial charge in [0.05, 0.1) is 12.2 Å². The van der Waals surface area contributed by atoms with E-state index in [2.05, 4.69) is 15.3 Å². The maximum Gasteiger partial charge on any atom is 0.227 e. The molecule has 1 aromatic carbocycles. The van der Waals surface area contributed by atoms with Crippen molar-refractivity contribution in [3.63, 3.8) is 0 Å². The molecule has 0 fully saturated rings. The molecular formula is C14H17N3O2. The molecule has 0 radical (unpaired) electrons. The van der Waals surface area contributed by atoms with Crippen molar-refractivity contribution in [1.29, 1.82) is 0 Å². The van der Waals surface area contributed by atoms with Crippen LogP contribution in [-0.2, 0) is 6.61 Å². The number of nitrogens with zero attached hydrogens (tertiary/aromatic N) is 2. The van der Waals surface area contributed by atoms with Crippen molar-refractivity contribution in [3.8, 4) is 11.6 Å². The van der Waals surface area contributed by atoms with Gasteiger partial charge < -0.3 is 15.2 Å². The predicted molar refractivity (Wildman–Crippen MR) is 73.5 cm³/mol. The van der Waals surface area contributed by atoms with Crippen molar-refractivity contribution >= 4 is 5.82 Å². The van der Waals surface area contributed by atoms with Crippen molar-refractivity contribution in [2.24, 2.45) is 0 Å². The Hall–Kier alpha value is -2.14. The topological polar surface area (TPSA) is 67.3 Å². The Morgan fingerprint density at radius 2 is 1.95 bits per heavy atom. The van der Waals surface area contributed by atoms with Crippen molar-refractivity contribution in [1.82, 2.24) is 9.97 Å². The van der Waals surface area contributed by atoms with E-state index in [-0.39, 0.29) is 6.61 Å². The maximum atomic E-state index is 9.30. The van der Waals surface area contributed by atoms with E-state index in [4.69, 9.17) is 4.74 Å². The molecule has 0 bridgehead atoms. The minimum atomic E-state index is -0.0713. The molecule has 0 amide bonds. The number of aliphatic hydroxyl groups excluding tert-OH is 1. The number of rotatable bonds is 4. The Balaban J connectivity index is 2.40. The average Bonchev–Trinajstić information content (AvgIpc) is 2.43. The molecule has 2 N–H and O–H groups in total. The number of hydrogen-bond acceptors (Lipinski definition) is 5. The van der Waals surface area contributed by atoms with E-state index < -0.39 is 0 Å². The van der Waals surface area contributed by atoms with Crippen LogP contribution < -0.4 is 10.1 Å². The van der Waals surface area contributed by atoms with Crippen LogP contribution in [-0.4, -0.2) is 22.1 Å². The second-order valence-electron chi connectivity index (χ2n) is 4.17. The van der Waals surface area contributed by atoms with Gasteiger partial charge in [0, 0.05) is 12.6 Å². The summed E-state index contributed by atoms with van der Waals surface area (Å²) in [6.07, 6.45) is 0. The van der Waals surface area contributed by atoms with Crippen LogP contribution in [0, 0.1) is 13.8 Å². The summed E-state index contributed by atoms with van der Waals surface area (Å²) in [5, 5.41) is 12.3. The Labute approximate surface area is 112 Å². The van der Waals surface area contributed by atoms with Crippen LogP contribution in [0.3, 0.4) is 0 Å². The third-order valence-electron chi connectivity index (χ3n) is 2.80. The summed E-state index contributed by atoms with van der Waals surface area (Å²) in [6.45, 7) is 3.63. The second-order valence-corrected chi connectivity index (χ2v) is 4.17. The lowest BCUT2D eigenvalue weighted by Gasteiger charge is -2.13. The van der Waals surface area contributed by atoms with E-state index in [0.29, 0.717) is 17.5 Å². The first-order valence-corrected chi connectivity index (χ1v) is 6.05. The molecule has 2 rings (SSSR count). The molecule has 0 spiro atoms. The summed E-state index contributed by atoms with van der Waals surface area (Å²) in [4.78, 5) is 8.58. The van der Waals surface area contributed by atoms with Gasteiger partial charge in [-0.1, -0.05) is 18.2 Å². The van der Waals surface area contributed by atoms with Gasteiger partial charge in [0.1, 0.15) is 17.4 Å². The van der Waals surface area contributed by atoms with Crippen LogP contribution in [0.5, 0.6) is 11.6 Å². The summed E-state index contributed by atoms with van der Waals surface area (Å²) in [5.74, 6) is 2.47. The van der Waals surface area contributed by atoms with E-state index in [1.807, 2.05) is 38.1 Å². The quantitative estimate of drug-likeness (QED) is 0.882. The lowest BCUT2D eigenvalue weighted by atomic mass is 10.2. The number of aromatic nitrogens is 2. The number of benzene rings is 1. The fourth-order valence-electron chi connectivity index (χ4n) is 1.78. The molecule has 0 aliphatic rings. The maximum absolute atomic E-state index is 9.30. The van der Waals surface area contributed by atoms with Crippen molar-refractivity contribution in [2.75, 3.05) is 12.4 Å². The van der Waals surface area contributed by atoms with Crippen molar-refractivity contribution in [3.05, 3.63) is 41.2 Å². The minimum absolute atomic E-state index is 0.0713. The van der Waals surface area contributed by atoms with Gasteiger partial charge in [0.25, 0.3) is 0 Å². The molecule has 0 atom stereocenters. The van der Waals surface area contributed by atoms with E-state index in [0.717, 1.165) is 16.9 Å². The highest BCUT2D eigenvalue weighted by Gasteiger charge is 2.11. The molecule has 0 aliphatic carbocycles. The molecule has 0 aliphatic heterocycles. The van der Waals surface area contributed by atoms with Gasteiger partial charge in [0.2, 0.25) is 5.88 Å². The molecule has 0 saturated carbocycles. The Kier molecular flexibility index (Phi) is 3.97. The molecule has 1 aromatic heterocycles. The summed E-state index contributed by atoms with van der Waals surface area (Å²) in [5.41, 5.74) is 1.56. The van der Waals surface area contributed by atoms with Crippen LogP contribution in [0.4, 0.5) is 5.82 Å². The number of nitrogens with one attached hydrogen (secondary N) is 1. The molecule has 100 valence electrons. The third-order valence-corrected chi connectivity index (χ3v) is 2.80. The molecule has 5 nitrogen and oxygen atoms in total. The SMILES string of the molecule is CNc1nc(C)nc(Oc2ccccc2CO)c1C. The standard InChI is InChI=1S/C14H17N3O2/c1-9-13(15-3)16-10(2)17-14(9)19-12-7-5-4-6-11(12)8-18/h4-7,18H,8H2,1-3H3,(H,15,16,17). The molecule has 2 aromatic rings. The third kappa shape index (κ3) is 2.82. The fraction of sp³-hybridized carbons (Fsp3) is 0.286. The number of hydrogen-bond donors (Lipinski definition) is 2. The van der Waals surface area contributed by atoms with Crippen LogP contribution >= 0.6 is 0 Å². The van der Waals surface area contributed by atoms with Gasteiger partial charge in [-0.25, -0.2) is 4.98 Å². The Bertz CT molecular complexity index is 585. The monoisotopic (exact) mass is 259 g/mol. The van der Waals surface area contributed by atoms with Gasteiger partial charge in [-0.2, -0.15) is 4.98 Å². The summed E-state index contributed by atoms with van der Waals surface area (Å²) in [7, 11) is 1.81. The molecule has 0 saturated heterocycles. The highest BCUT2D eigenvalue weighted by Crippen LogP contribution is 2.29. The highest BCUT2D eigenvalue weighted by molar-refractivity contribution is 5.49. The molecule has 19 heavy (non-hydrogen) atoms. The van der Waals surface area contributed by atoms with E-state index in [1.54, 1.807) is 7.05 Å². The lowest BCUT2D eigenvalue weighted by Crippen LogP contribution is -2.03. The van der Waals surface area contributed by atoms with E-state index in [1.165, 1.54) is 0 Å². The summed E-state index contributed by atoms with van der Waals surface area (Å²) >= 11 is 0. The Morgan fingerprint density at radius 3 is 2.63 bits per heavy atom. The summed E-state index contributed by atoms with van der Waals surface area (Å²) < 4.78 is 5.80. The normalized spacial score (nSPS) is 10.3. The summed E-state index contributed by atoms with van der Waals surface area (Å²) in [6, 6.07) is 7.34. The van der Waals surface area contributed by atoms with Gasteiger partial charge in [-0.15, -0.1) is 0 Å². The molecule has 1 heterocycles. The number of para-hydroxylation sites is 1. The number of aryl methyl sites for hydroxylation is 1. The number of aliphatic hydroxyl groups is 1. The fourth-order valence-corrected chi connectivity index (χ4v) is 1.78. The zero-order chi connectivity index (χ0) is 13.8. The number of anilines is 1. The van der Waals surface area contributed by atoms with Crippen LogP contribution in [0.1, 0.15) is 17.0 Å². The van der Waals surface area contributed by atoms with Gasteiger partial charge in [0.15, 0.2) is 0 Å². The second kappa shape index (κ2) is 5.67.